The molecule has 4 aromatic rings. The van der Waals surface area contributed by atoms with Crippen LogP contribution in [0.1, 0.15) is 27.8 Å². The van der Waals surface area contributed by atoms with Gasteiger partial charge in [-0.1, -0.05) is 60.7 Å². The molecule has 1 heterocycles. The van der Waals surface area contributed by atoms with E-state index in [4.69, 9.17) is 0 Å². The number of hydrogen-bond donors (Lipinski definition) is 3. The first kappa shape index (κ1) is 18.4. The number of aromatic amines is 1. The van der Waals surface area contributed by atoms with Crippen molar-refractivity contribution in [3.63, 3.8) is 0 Å². The molecule has 0 aliphatic carbocycles. The minimum Gasteiger partial charge on any atom is -0.347 e. The number of nitrogens with zero attached hydrogens (tertiary/aromatic N) is 1. The average molecular weight is 384 g/mol. The maximum atomic E-state index is 12.9. The van der Waals surface area contributed by atoms with Gasteiger partial charge in [-0.2, -0.15) is 0 Å². The number of aromatic nitrogens is 2. The van der Waals surface area contributed by atoms with Crippen LogP contribution in [-0.4, -0.2) is 21.8 Å². The molecule has 0 fully saturated rings. The zero-order chi connectivity index (χ0) is 20.1. The highest BCUT2D eigenvalue weighted by Crippen LogP contribution is 2.15. The second kappa shape index (κ2) is 8.39. The smallest absolute Gasteiger partial charge is 0.252 e. The average Bonchev–Trinajstić information content (AvgIpc) is 3.20. The first-order valence-corrected chi connectivity index (χ1v) is 9.33. The molecule has 0 radical (unpaired) electrons. The Morgan fingerprint density at radius 2 is 1.52 bits per heavy atom. The number of H-pyrrole nitrogens is 1. The third-order valence-electron chi connectivity index (χ3n) is 4.57. The highest BCUT2D eigenvalue weighted by Gasteiger charge is 2.23. The van der Waals surface area contributed by atoms with Crippen LogP contribution >= 0.6 is 0 Å². The van der Waals surface area contributed by atoms with E-state index in [1.54, 1.807) is 24.3 Å². The fraction of sp³-hybridized carbons (Fsp3) is 0.0870. The molecular weight excluding hydrogens is 364 g/mol. The van der Waals surface area contributed by atoms with Gasteiger partial charge in [-0.25, -0.2) is 4.98 Å². The molecule has 144 valence electrons. The maximum Gasteiger partial charge on any atom is 0.252 e. The summed E-state index contributed by atoms with van der Waals surface area (Å²) in [6, 6.07) is 24.9. The molecule has 0 saturated carbocycles. The third kappa shape index (κ3) is 4.32. The lowest BCUT2D eigenvalue weighted by molar-refractivity contribution is -0.123. The standard InChI is InChI=1S/C23H20N4O2/c28-22(17-11-5-2-6-12-17)27-21(16-9-3-1-4-10-16)23(29)24-15-20-25-18-13-7-8-14-19(18)26-20/h1-14,21H,15H2,(H,24,29)(H,25,26)(H,27,28). The first-order valence-electron chi connectivity index (χ1n) is 9.33. The number of benzene rings is 3. The van der Waals surface area contributed by atoms with Crippen LogP contribution < -0.4 is 10.6 Å². The van der Waals surface area contributed by atoms with E-state index < -0.39 is 6.04 Å². The van der Waals surface area contributed by atoms with Gasteiger partial charge in [0.05, 0.1) is 17.6 Å². The Labute approximate surface area is 168 Å². The Kier molecular flexibility index (Phi) is 5.33. The number of carbonyl (C=O) groups is 2. The van der Waals surface area contributed by atoms with E-state index in [2.05, 4.69) is 20.6 Å². The van der Waals surface area contributed by atoms with E-state index in [0.717, 1.165) is 11.0 Å². The number of imidazole rings is 1. The SMILES string of the molecule is O=C(NC(C(=O)NCc1nc2ccccc2[nH]1)c1ccccc1)c1ccccc1. The Balaban J connectivity index is 1.50. The minimum atomic E-state index is -0.812. The molecule has 2 amide bonds. The zero-order valence-corrected chi connectivity index (χ0v) is 15.6. The molecule has 4 rings (SSSR count). The van der Waals surface area contributed by atoms with Crippen molar-refractivity contribution in [3.05, 3.63) is 102 Å². The van der Waals surface area contributed by atoms with Crippen LogP contribution in [0.3, 0.4) is 0 Å². The van der Waals surface area contributed by atoms with Crippen LogP contribution in [-0.2, 0) is 11.3 Å². The molecule has 1 aromatic heterocycles. The van der Waals surface area contributed by atoms with Gasteiger partial charge in [0.25, 0.3) is 5.91 Å². The molecule has 3 N–H and O–H groups in total. The topological polar surface area (TPSA) is 86.9 Å². The van der Waals surface area contributed by atoms with E-state index in [1.807, 2.05) is 60.7 Å². The van der Waals surface area contributed by atoms with Gasteiger partial charge in [0.2, 0.25) is 5.91 Å². The fourth-order valence-corrected chi connectivity index (χ4v) is 3.11. The Bertz CT molecular complexity index is 1090. The van der Waals surface area contributed by atoms with E-state index in [9.17, 15) is 9.59 Å². The second-order valence-electron chi connectivity index (χ2n) is 6.60. The largest absolute Gasteiger partial charge is 0.347 e. The van der Waals surface area contributed by atoms with Crippen molar-refractivity contribution >= 4 is 22.8 Å². The number of nitrogens with one attached hydrogen (secondary N) is 3. The fourth-order valence-electron chi connectivity index (χ4n) is 3.11. The number of hydrogen-bond acceptors (Lipinski definition) is 3. The summed E-state index contributed by atoms with van der Waals surface area (Å²) in [7, 11) is 0. The predicted molar refractivity (Wildman–Crippen MR) is 111 cm³/mol. The lowest BCUT2D eigenvalue weighted by Crippen LogP contribution is -2.40. The highest BCUT2D eigenvalue weighted by molar-refractivity contribution is 5.97. The van der Waals surface area contributed by atoms with Crippen molar-refractivity contribution in [2.24, 2.45) is 0 Å². The summed E-state index contributed by atoms with van der Waals surface area (Å²) >= 11 is 0. The molecular formula is C23H20N4O2. The molecule has 6 heteroatoms. The van der Waals surface area contributed by atoms with E-state index in [1.165, 1.54) is 0 Å². The maximum absolute atomic E-state index is 12.9. The summed E-state index contributed by atoms with van der Waals surface area (Å²) in [5.74, 6) is 0.0417. The molecule has 0 saturated heterocycles. The van der Waals surface area contributed by atoms with Gasteiger partial charge in [-0.05, 0) is 29.8 Å². The molecule has 6 nitrogen and oxygen atoms in total. The summed E-state index contributed by atoms with van der Waals surface area (Å²) in [5, 5.41) is 5.70. The van der Waals surface area contributed by atoms with Crippen LogP contribution in [0.15, 0.2) is 84.9 Å². The van der Waals surface area contributed by atoms with Crippen molar-refractivity contribution in [2.45, 2.75) is 12.6 Å². The molecule has 29 heavy (non-hydrogen) atoms. The lowest BCUT2D eigenvalue weighted by Gasteiger charge is -2.18. The van der Waals surface area contributed by atoms with Crippen molar-refractivity contribution in [3.8, 4) is 0 Å². The predicted octanol–water partition coefficient (Wildman–Crippen LogP) is 3.35. The quantitative estimate of drug-likeness (QED) is 0.476. The lowest BCUT2D eigenvalue weighted by atomic mass is 10.1. The molecule has 0 bridgehead atoms. The van der Waals surface area contributed by atoms with Gasteiger partial charge in [0, 0.05) is 5.56 Å². The van der Waals surface area contributed by atoms with Gasteiger partial charge in [0.15, 0.2) is 0 Å². The van der Waals surface area contributed by atoms with Crippen LogP contribution in [0.25, 0.3) is 11.0 Å². The second-order valence-corrected chi connectivity index (χ2v) is 6.60. The number of fused-ring (bicyclic) bond motifs is 1. The van der Waals surface area contributed by atoms with Crippen molar-refractivity contribution < 1.29 is 9.59 Å². The monoisotopic (exact) mass is 384 g/mol. The minimum absolute atomic E-state index is 0.234. The Morgan fingerprint density at radius 3 is 2.24 bits per heavy atom. The van der Waals surface area contributed by atoms with Gasteiger partial charge in [-0.15, -0.1) is 0 Å². The van der Waals surface area contributed by atoms with Gasteiger partial charge in [0.1, 0.15) is 11.9 Å². The van der Waals surface area contributed by atoms with Crippen LogP contribution in [0.5, 0.6) is 0 Å². The van der Waals surface area contributed by atoms with Crippen molar-refractivity contribution in [2.75, 3.05) is 0 Å². The van der Waals surface area contributed by atoms with Crippen LogP contribution in [0.4, 0.5) is 0 Å². The number of rotatable bonds is 6. The van der Waals surface area contributed by atoms with Crippen molar-refractivity contribution in [1.82, 2.24) is 20.6 Å². The molecule has 3 aromatic carbocycles. The third-order valence-corrected chi connectivity index (χ3v) is 4.57. The number of para-hydroxylation sites is 2. The molecule has 1 unspecified atom stereocenters. The van der Waals surface area contributed by atoms with Gasteiger partial charge >= 0.3 is 0 Å². The summed E-state index contributed by atoms with van der Waals surface area (Å²) in [6.45, 7) is 0.234. The summed E-state index contributed by atoms with van der Waals surface area (Å²) in [5.41, 5.74) is 2.96. The van der Waals surface area contributed by atoms with Crippen LogP contribution in [0.2, 0.25) is 0 Å². The first-order chi connectivity index (χ1) is 14.2. The zero-order valence-electron chi connectivity index (χ0n) is 15.6. The summed E-state index contributed by atoms with van der Waals surface area (Å²) in [4.78, 5) is 33.2. The number of amides is 2. The number of carbonyl (C=O) groups excluding carboxylic acids is 2. The molecule has 1 atom stereocenters. The van der Waals surface area contributed by atoms with E-state index in [-0.39, 0.29) is 18.4 Å². The van der Waals surface area contributed by atoms with E-state index >= 15 is 0 Å². The van der Waals surface area contributed by atoms with E-state index in [0.29, 0.717) is 17.0 Å². The Morgan fingerprint density at radius 1 is 0.862 bits per heavy atom. The highest BCUT2D eigenvalue weighted by atomic mass is 16.2. The van der Waals surface area contributed by atoms with Gasteiger partial charge in [-0.3, -0.25) is 9.59 Å². The van der Waals surface area contributed by atoms with Gasteiger partial charge < -0.3 is 15.6 Å². The molecule has 0 aliphatic heterocycles. The van der Waals surface area contributed by atoms with Crippen LogP contribution in [0, 0.1) is 0 Å². The molecule has 0 aliphatic rings. The Hall–Kier alpha value is -3.93. The summed E-state index contributed by atoms with van der Waals surface area (Å²) in [6.07, 6.45) is 0. The van der Waals surface area contributed by atoms with Crippen molar-refractivity contribution in [1.29, 1.82) is 0 Å². The normalized spacial score (nSPS) is 11.7. The summed E-state index contributed by atoms with van der Waals surface area (Å²) < 4.78 is 0. The molecule has 0 spiro atoms.